The molecular weight excluding hydrogens is 112 g/mol. The lowest BCUT2D eigenvalue weighted by Gasteiger charge is -1.86. The van der Waals surface area contributed by atoms with Gasteiger partial charge < -0.3 is 5.11 Å². The second-order valence-electron chi connectivity index (χ2n) is 1.87. The third kappa shape index (κ3) is 7.44. The molecule has 0 aromatic carbocycles. The van der Waals surface area contributed by atoms with Crippen LogP contribution >= 0.6 is 0 Å². The predicted molar refractivity (Wildman–Crippen MR) is 40.3 cm³/mol. The molecule has 0 fully saturated rings. The highest BCUT2D eigenvalue weighted by Gasteiger charge is 1.76. The summed E-state index contributed by atoms with van der Waals surface area (Å²) < 4.78 is 0. The molecule has 1 N–H and O–H groups in total. The molecule has 0 saturated carbocycles. The number of unbranched alkanes of at least 4 members (excludes halogenated alkanes) is 2. The lowest BCUT2D eigenvalue weighted by Crippen LogP contribution is -1.72. The van der Waals surface area contributed by atoms with Crippen LogP contribution in [0, 0.1) is 0 Å². The van der Waals surface area contributed by atoms with E-state index in [0.29, 0.717) is 0 Å². The summed E-state index contributed by atoms with van der Waals surface area (Å²) in [5.74, 6) is 0. The molecule has 0 spiro atoms. The number of allylic oxidation sites excluding steroid dienone is 2. The fourth-order valence-corrected chi connectivity index (χ4v) is 0.572. The van der Waals surface area contributed by atoms with Gasteiger partial charge in [0.15, 0.2) is 0 Å². The van der Waals surface area contributed by atoms with Gasteiger partial charge in [0.25, 0.3) is 0 Å². The summed E-state index contributed by atoms with van der Waals surface area (Å²) in [7, 11) is 0. The molecule has 0 unspecified atom stereocenters. The summed E-state index contributed by atoms with van der Waals surface area (Å²) >= 11 is 0. The average molecular weight is 126 g/mol. The molecule has 1 heteroatoms. The summed E-state index contributed by atoms with van der Waals surface area (Å²) in [6.07, 6.45) is 8.92. The Labute approximate surface area is 56.7 Å². The molecule has 0 aliphatic heterocycles. The van der Waals surface area contributed by atoms with Gasteiger partial charge in [-0.3, -0.25) is 0 Å². The molecule has 0 aliphatic carbocycles. The fourth-order valence-electron chi connectivity index (χ4n) is 0.572. The molecule has 0 bridgehead atoms. The van der Waals surface area contributed by atoms with Crippen LogP contribution in [0.3, 0.4) is 0 Å². The molecule has 0 aliphatic rings. The van der Waals surface area contributed by atoms with Gasteiger partial charge in [-0.2, -0.15) is 0 Å². The minimum atomic E-state index is 0.161. The smallest absolute Gasteiger partial charge is 0.0612 e. The van der Waals surface area contributed by atoms with Crippen molar-refractivity contribution in [2.75, 3.05) is 6.61 Å². The van der Waals surface area contributed by atoms with E-state index in [9.17, 15) is 0 Å². The molecule has 0 aromatic rings. The zero-order chi connectivity index (χ0) is 6.95. The predicted octanol–water partition coefficient (Wildman–Crippen LogP) is 1.89. The first-order valence-corrected chi connectivity index (χ1v) is 3.28. The molecular formula is C8H14O. The van der Waals surface area contributed by atoms with Crippen molar-refractivity contribution in [3.8, 4) is 0 Å². The van der Waals surface area contributed by atoms with Crippen molar-refractivity contribution in [3.05, 3.63) is 24.8 Å². The standard InChI is InChI=1S/C8H14O/c1-2-3-4-5-6-7-8-9/h2,6-7,9H,1,3-5,8H2. The van der Waals surface area contributed by atoms with E-state index < -0.39 is 0 Å². The molecule has 0 radical (unpaired) electrons. The lowest BCUT2D eigenvalue weighted by atomic mass is 10.2. The van der Waals surface area contributed by atoms with Crippen LogP contribution in [-0.4, -0.2) is 11.7 Å². The van der Waals surface area contributed by atoms with Crippen molar-refractivity contribution < 1.29 is 5.11 Å². The first-order chi connectivity index (χ1) is 4.41. The maximum Gasteiger partial charge on any atom is 0.0612 e. The van der Waals surface area contributed by atoms with Crippen LogP contribution in [0.25, 0.3) is 0 Å². The van der Waals surface area contributed by atoms with Crippen LogP contribution in [0.15, 0.2) is 24.8 Å². The maximum absolute atomic E-state index is 8.32. The topological polar surface area (TPSA) is 20.2 Å². The highest BCUT2D eigenvalue weighted by atomic mass is 16.2. The Morgan fingerprint density at radius 1 is 1.22 bits per heavy atom. The van der Waals surface area contributed by atoms with Gasteiger partial charge >= 0.3 is 0 Å². The summed E-state index contributed by atoms with van der Waals surface area (Å²) in [6, 6.07) is 0. The van der Waals surface area contributed by atoms with Gasteiger partial charge in [-0.15, -0.1) is 6.58 Å². The fraction of sp³-hybridized carbons (Fsp3) is 0.500. The zero-order valence-corrected chi connectivity index (χ0v) is 5.71. The highest BCUT2D eigenvalue weighted by Crippen LogP contribution is 1.95. The second-order valence-corrected chi connectivity index (χ2v) is 1.87. The summed E-state index contributed by atoms with van der Waals surface area (Å²) in [4.78, 5) is 0. The van der Waals surface area contributed by atoms with Crippen LogP contribution in [0.2, 0.25) is 0 Å². The number of aliphatic hydroxyl groups is 1. The molecule has 0 rings (SSSR count). The van der Waals surface area contributed by atoms with Gasteiger partial charge in [-0.25, -0.2) is 0 Å². The number of rotatable bonds is 5. The van der Waals surface area contributed by atoms with E-state index in [0.717, 1.165) is 19.3 Å². The average Bonchev–Trinajstić information content (AvgIpc) is 1.89. The van der Waals surface area contributed by atoms with Crippen LogP contribution in [0.1, 0.15) is 19.3 Å². The Balaban J connectivity index is 2.90. The maximum atomic E-state index is 8.32. The zero-order valence-electron chi connectivity index (χ0n) is 5.71. The Hall–Kier alpha value is -0.560. The van der Waals surface area contributed by atoms with Gasteiger partial charge in [0, 0.05) is 0 Å². The molecule has 0 atom stereocenters. The minimum Gasteiger partial charge on any atom is -0.392 e. The Bertz CT molecular complexity index is 84.6. The normalized spacial score (nSPS) is 10.3. The van der Waals surface area contributed by atoms with Crippen molar-refractivity contribution in [2.24, 2.45) is 0 Å². The SMILES string of the molecule is C=CCCCC=CCO. The second kappa shape index (κ2) is 7.44. The number of aliphatic hydroxyl groups excluding tert-OH is 1. The molecule has 0 saturated heterocycles. The van der Waals surface area contributed by atoms with Gasteiger partial charge in [0.2, 0.25) is 0 Å². The Morgan fingerprint density at radius 2 is 2.00 bits per heavy atom. The summed E-state index contributed by atoms with van der Waals surface area (Å²) in [5, 5.41) is 8.32. The van der Waals surface area contributed by atoms with Crippen LogP contribution in [0.5, 0.6) is 0 Å². The quantitative estimate of drug-likeness (QED) is 0.440. The largest absolute Gasteiger partial charge is 0.392 e. The summed E-state index contributed by atoms with van der Waals surface area (Å²) in [5.41, 5.74) is 0. The van der Waals surface area contributed by atoms with E-state index in [1.54, 1.807) is 6.08 Å². The van der Waals surface area contributed by atoms with Crippen LogP contribution < -0.4 is 0 Å². The van der Waals surface area contributed by atoms with E-state index in [1.165, 1.54) is 0 Å². The van der Waals surface area contributed by atoms with E-state index in [2.05, 4.69) is 6.58 Å². The lowest BCUT2D eigenvalue weighted by molar-refractivity contribution is 0.342. The highest BCUT2D eigenvalue weighted by molar-refractivity contribution is 4.81. The molecule has 1 nitrogen and oxygen atoms in total. The Kier molecular flexibility index (Phi) is 6.98. The van der Waals surface area contributed by atoms with Crippen molar-refractivity contribution >= 4 is 0 Å². The molecule has 9 heavy (non-hydrogen) atoms. The molecule has 0 amide bonds. The molecule has 0 heterocycles. The first kappa shape index (κ1) is 8.44. The van der Waals surface area contributed by atoms with Crippen molar-refractivity contribution in [1.29, 1.82) is 0 Å². The van der Waals surface area contributed by atoms with Gasteiger partial charge in [0.05, 0.1) is 6.61 Å². The van der Waals surface area contributed by atoms with Crippen LogP contribution in [0.4, 0.5) is 0 Å². The number of hydrogen-bond donors (Lipinski definition) is 1. The first-order valence-electron chi connectivity index (χ1n) is 3.28. The summed E-state index contributed by atoms with van der Waals surface area (Å²) in [6.45, 7) is 3.77. The molecule has 0 aromatic heterocycles. The van der Waals surface area contributed by atoms with E-state index in [1.807, 2.05) is 12.2 Å². The van der Waals surface area contributed by atoms with E-state index in [4.69, 9.17) is 5.11 Å². The Morgan fingerprint density at radius 3 is 2.56 bits per heavy atom. The minimum absolute atomic E-state index is 0.161. The van der Waals surface area contributed by atoms with Crippen molar-refractivity contribution in [3.63, 3.8) is 0 Å². The third-order valence-electron chi connectivity index (χ3n) is 1.05. The van der Waals surface area contributed by atoms with Crippen molar-refractivity contribution in [1.82, 2.24) is 0 Å². The van der Waals surface area contributed by atoms with E-state index >= 15 is 0 Å². The van der Waals surface area contributed by atoms with Gasteiger partial charge in [-0.1, -0.05) is 18.2 Å². The van der Waals surface area contributed by atoms with Crippen LogP contribution in [-0.2, 0) is 0 Å². The van der Waals surface area contributed by atoms with Crippen molar-refractivity contribution in [2.45, 2.75) is 19.3 Å². The van der Waals surface area contributed by atoms with Gasteiger partial charge in [0.1, 0.15) is 0 Å². The van der Waals surface area contributed by atoms with E-state index in [-0.39, 0.29) is 6.61 Å². The molecule has 52 valence electrons. The number of hydrogen-bond acceptors (Lipinski definition) is 1. The van der Waals surface area contributed by atoms with Gasteiger partial charge in [-0.05, 0) is 19.3 Å². The monoisotopic (exact) mass is 126 g/mol. The third-order valence-corrected chi connectivity index (χ3v) is 1.05.